The van der Waals surface area contributed by atoms with Crippen molar-refractivity contribution in [2.45, 2.75) is 13.5 Å². The van der Waals surface area contributed by atoms with Gasteiger partial charge in [-0.2, -0.15) is 14.9 Å². The molecule has 7 heteroatoms. The predicted octanol–water partition coefficient (Wildman–Crippen LogP) is 5.44. The van der Waals surface area contributed by atoms with E-state index in [1.807, 2.05) is 41.8 Å². The van der Waals surface area contributed by atoms with Crippen LogP contribution >= 0.6 is 23.6 Å². The molecule has 0 aliphatic rings. The van der Waals surface area contributed by atoms with E-state index in [2.05, 4.69) is 46.5 Å². The molecule has 5 nitrogen and oxygen atoms in total. The molecule has 2 aromatic carbocycles. The fourth-order valence-corrected chi connectivity index (χ4v) is 3.53. The molecule has 0 saturated heterocycles. The highest BCUT2D eigenvalue weighted by atomic mass is 32.1. The standard InChI is InChI=1S/C21H18N4OS2/c1-15-8-10-16(11-9-15)14-26-18-6-3-2-5-17(18)13-22-25-20(23-24-21(25)27)19-7-4-12-28-19/h2-13H,14H2,1H3,(H,24,27)/b22-13-. The summed E-state index contributed by atoms with van der Waals surface area (Å²) in [6, 6.07) is 20.1. The van der Waals surface area contributed by atoms with Gasteiger partial charge in [-0.05, 0) is 48.3 Å². The van der Waals surface area contributed by atoms with Crippen molar-refractivity contribution in [1.29, 1.82) is 0 Å². The van der Waals surface area contributed by atoms with Gasteiger partial charge in [0.2, 0.25) is 4.77 Å². The van der Waals surface area contributed by atoms with Crippen LogP contribution in [-0.4, -0.2) is 21.1 Å². The van der Waals surface area contributed by atoms with Gasteiger partial charge in [0.25, 0.3) is 0 Å². The quantitative estimate of drug-likeness (QED) is 0.343. The van der Waals surface area contributed by atoms with Gasteiger partial charge in [-0.25, -0.2) is 5.10 Å². The Balaban J connectivity index is 1.57. The second kappa shape index (κ2) is 8.33. The van der Waals surface area contributed by atoms with E-state index in [0.717, 1.165) is 21.8 Å². The lowest BCUT2D eigenvalue weighted by atomic mass is 10.1. The first-order chi connectivity index (χ1) is 13.7. The van der Waals surface area contributed by atoms with E-state index in [1.54, 1.807) is 22.2 Å². The minimum Gasteiger partial charge on any atom is -0.488 e. The molecule has 0 saturated carbocycles. The van der Waals surface area contributed by atoms with Crippen molar-refractivity contribution in [1.82, 2.24) is 14.9 Å². The van der Waals surface area contributed by atoms with Crippen molar-refractivity contribution in [2.24, 2.45) is 5.10 Å². The first-order valence-corrected chi connectivity index (χ1v) is 10.0. The zero-order chi connectivity index (χ0) is 19.3. The second-order valence-corrected chi connectivity index (χ2v) is 7.53. The molecule has 0 atom stereocenters. The summed E-state index contributed by atoms with van der Waals surface area (Å²) in [5.41, 5.74) is 3.22. The van der Waals surface area contributed by atoms with Crippen molar-refractivity contribution in [2.75, 3.05) is 0 Å². The predicted molar refractivity (Wildman–Crippen MR) is 116 cm³/mol. The summed E-state index contributed by atoms with van der Waals surface area (Å²) in [4.78, 5) is 0.994. The highest BCUT2D eigenvalue weighted by Gasteiger charge is 2.09. The van der Waals surface area contributed by atoms with Gasteiger partial charge in [0, 0.05) is 5.56 Å². The number of rotatable bonds is 6. The van der Waals surface area contributed by atoms with Crippen LogP contribution in [0.2, 0.25) is 0 Å². The Labute approximate surface area is 172 Å². The number of para-hydroxylation sites is 1. The SMILES string of the molecule is Cc1ccc(COc2ccccc2/C=N\n2c(-c3cccs3)n[nH]c2=S)cc1. The van der Waals surface area contributed by atoms with Crippen LogP contribution < -0.4 is 4.74 Å². The van der Waals surface area contributed by atoms with E-state index >= 15 is 0 Å². The fourth-order valence-electron chi connectivity index (χ4n) is 2.65. The average Bonchev–Trinajstić information content (AvgIpc) is 3.36. The van der Waals surface area contributed by atoms with E-state index in [0.29, 0.717) is 17.2 Å². The summed E-state index contributed by atoms with van der Waals surface area (Å²) in [6.07, 6.45) is 1.74. The van der Waals surface area contributed by atoms with Crippen LogP contribution in [0.4, 0.5) is 0 Å². The minimum absolute atomic E-state index is 0.442. The molecule has 0 aliphatic carbocycles. The van der Waals surface area contributed by atoms with Crippen LogP contribution in [0.25, 0.3) is 10.7 Å². The summed E-state index contributed by atoms with van der Waals surface area (Å²) in [6.45, 7) is 2.57. The number of nitrogens with zero attached hydrogens (tertiary/aromatic N) is 3. The van der Waals surface area contributed by atoms with Crippen LogP contribution in [0.1, 0.15) is 16.7 Å². The molecule has 28 heavy (non-hydrogen) atoms. The molecule has 140 valence electrons. The molecule has 0 spiro atoms. The molecule has 0 fully saturated rings. The fraction of sp³-hybridized carbons (Fsp3) is 0.0952. The molecule has 0 aliphatic heterocycles. The van der Waals surface area contributed by atoms with Crippen molar-refractivity contribution in [3.8, 4) is 16.5 Å². The zero-order valence-electron chi connectivity index (χ0n) is 15.2. The van der Waals surface area contributed by atoms with Crippen molar-refractivity contribution in [3.05, 3.63) is 87.5 Å². The van der Waals surface area contributed by atoms with Crippen molar-refractivity contribution in [3.63, 3.8) is 0 Å². The summed E-state index contributed by atoms with van der Waals surface area (Å²) in [5, 5.41) is 13.6. The first kappa shape index (κ1) is 18.3. The average molecular weight is 407 g/mol. The number of hydrogen-bond donors (Lipinski definition) is 1. The number of H-pyrrole nitrogens is 1. The topological polar surface area (TPSA) is 55.2 Å². The zero-order valence-corrected chi connectivity index (χ0v) is 16.8. The van der Waals surface area contributed by atoms with Crippen LogP contribution in [0.15, 0.2) is 71.1 Å². The highest BCUT2D eigenvalue weighted by molar-refractivity contribution is 7.71. The molecule has 0 amide bonds. The monoisotopic (exact) mass is 406 g/mol. The molecule has 4 rings (SSSR count). The molecule has 1 N–H and O–H groups in total. The maximum absolute atomic E-state index is 6.02. The molecule has 0 radical (unpaired) electrons. The molecular weight excluding hydrogens is 388 g/mol. The number of hydrogen-bond acceptors (Lipinski definition) is 5. The van der Waals surface area contributed by atoms with Crippen LogP contribution in [0.5, 0.6) is 5.75 Å². The molecule has 2 heterocycles. The Morgan fingerprint density at radius 2 is 1.96 bits per heavy atom. The van der Waals surface area contributed by atoms with Crippen molar-refractivity contribution < 1.29 is 4.74 Å². The largest absolute Gasteiger partial charge is 0.488 e. The van der Waals surface area contributed by atoms with Gasteiger partial charge < -0.3 is 4.74 Å². The van der Waals surface area contributed by atoms with E-state index in [4.69, 9.17) is 17.0 Å². The van der Waals surface area contributed by atoms with Gasteiger partial charge >= 0.3 is 0 Å². The Morgan fingerprint density at radius 1 is 1.14 bits per heavy atom. The van der Waals surface area contributed by atoms with Gasteiger partial charge in [0.05, 0.1) is 11.1 Å². The number of aromatic amines is 1. The lowest BCUT2D eigenvalue weighted by Crippen LogP contribution is -1.99. The van der Waals surface area contributed by atoms with Crippen LogP contribution in [-0.2, 0) is 6.61 Å². The normalized spacial score (nSPS) is 11.2. The molecule has 0 unspecified atom stereocenters. The van der Waals surface area contributed by atoms with E-state index in [9.17, 15) is 0 Å². The molecule has 2 aromatic heterocycles. The highest BCUT2D eigenvalue weighted by Crippen LogP contribution is 2.23. The number of thiophene rings is 1. The Bertz CT molecular complexity index is 1140. The Kier molecular flexibility index (Phi) is 5.45. The molecule has 0 bridgehead atoms. The molecular formula is C21H18N4OS2. The lowest BCUT2D eigenvalue weighted by molar-refractivity contribution is 0.306. The number of benzene rings is 2. The van der Waals surface area contributed by atoms with Gasteiger partial charge in [-0.3, -0.25) is 0 Å². The number of nitrogens with one attached hydrogen (secondary N) is 1. The smallest absolute Gasteiger partial charge is 0.216 e. The second-order valence-electron chi connectivity index (χ2n) is 6.20. The third-order valence-electron chi connectivity index (χ3n) is 4.14. The van der Waals surface area contributed by atoms with Gasteiger partial charge in [0.1, 0.15) is 12.4 Å². The Hall–Kier alpha value is -3.03. The lowest BCUT2D eigenvalue weighted by Gasteiger charge is -2.09. The third kappa shape index (κ3) is 4.11. The summed E-state index contributed by atoms with van der Waals surface area (Å²) in [5.74, 6) is 1.45. The Morgan fingerprint density at radius 3 is 2.75 bits per heavy atom. The van der Waals surface area contributed by atoms with E-state index in [1.165, 1.54) is 5.56 Å². The number of aromatic nitrogens is 3. The first-order valence-electron chi connectivity index (χ1n) is 8.74. The van der Waals surface area contributed by atoms with Gasteiger partial charge in [-0.15, -0.1) is 11.3 Å². The summed E-state index contributed by atoms with van der Waals surface area (Å²) < 4.78 is 8.08. The van der Waals surface area contributed by atoms with Gasteiger partial charge in [-0.1, -0.05) is 48.0 Å². The minimum atomic E-state index is 0.442. The van der Waals surface area contributed by atoms with Crippen molar-refractivity contribution >= 4 is 29.8 Å². The maximum Gasteiger partial charge on any atom is 0.216 e. The third-order valence-corrected chi connectivity index (χ3v) is 5.27. The maximum atomic E-state index is 6.02. The van der Waals surface area contributed by atoms with Crippen LogP contribution in [0, 0.1) is 11.7 Å². The summed E-state index contributed by atoms with van der Waals surface area (Å²) >= 11 is 6.91. The number of aryl methyl sites for hydroxylation is 1. The van der Waals surface area contributed by atoms with Gasteiger partial charge in [0.15, 0.2) is 5.82 Å². The van der Waals surface area contributed by atoms with E-state index < -0.39 is 0 Å². The molecule has 4 aromatic rings. The van der Waals surface area contributed by atoms with Crippen LogP contribution in [0.3, 0.4) is 0 Å². The van der Waals surface area contributed by atoms with E-state index in [-0.39, 0.29) is 0 Å². The summed E-state index contributed by atoms with van der Waals surface area (Å²) in [7, 11) is 0. The number of ether oxygens (including phenoxy) is 1.